The van der Waals surface area contributed by atoms with Crippen molar-refractivity contribution < 1.29 is 14.4 Å². The van der Waals surface area contributed by atoms with Crippen LogP contribution in [0, 0.1) is 26.7 Å². The van der Waals surface area contributed by atoms with Gasteiger partial charge in [-0.3, -0.25) is 14.4 Å². The van der Waals surface area contributed by atoms with Crippen LogP contribution in [0.15, 0.2) is 54.6 Å². The first-order valence-corrected chi connectivity index (χ1v) is 14.0. The molecule has 1 aliphatic heterocycles. The molecule has 3 amide bonds. The predicted molar refractivity (Wildman–Crippen MR) is 143 cm³/mol. The number of anilines is 1. The maximum atomic E-state index is 14.4. The lowest BCUT2D eigenvalue weighted by Gasteiger charge is -2.57. The minimum Gasteiger partial charge on any atom is -0.329 e. The molecule has 1 unspecified atom stereocenters. The Morgan fingerprint density at radius 1 is 0.914 bits per heavy atom. The molecule has 5 fully saturated rings. The third kappa shape index (κ3) is 4.21. The number of carbonyl (C=O) groups is 3. The summed E-state index contributed by atoms with van der Waals surface area (Å²) in [6.07, 6.45) is 7.40. The molecule has 4 saturated carbocycles. The number of nitrogens with zero attached hydrogens (tertiary/aromatic N) is 2. The van der Waals surface area contributed by atoms with Gasteiger partial charge in [-0.1, -0.05) is 30.3 Å². The van der Waals surface area contributed by atoms with Crippen molar-refractivity contribution in [1.82, 2.24) is 4.90 Å². The molecule has 2 aromatic rings. The lowest BCUT2D eigenvalue weighted by molar-refractivity contribution is -0.161. The zero-order valence-corrected chi connectivity index (χ0v) is 22.0. The highest BCUT2D eigenvalue weighted by Crippen LogP contribution is 2.60. The zero-order valence-electron chi connectivity index (χ0n) is 19.9. The minimum atomic E-state index is -0.717. The molecule has 0 spiro atoms. The van der Waals surface area contributed by atoms with E-state index in [2.05, 4.69) is 34.7 Å². The molecule has 1 atom stereocenters. The van der Waals surface area contributed by atoms with Crippen LogP contribution in [0.25, 0.3) is 0 Å². The first-order chi connectivity index (χ1) is 16.9. The van der Waals surface area contributed by atoms with Gasteiger partial charge in [-0.05, 0) is 115 Å². The van der Waals surface area contributed by atoms with Crippen LogP contribution in [-0.2, 0) is 20.8 Å². The Balaban J connectivity index is 1.30. The molecule has 5 aliphatic rings. The Morgan fingerprint density at radius 2 is 1.51 bits per heavy atom. The maximum Gasteiger partial charge on any atom is 0.257 e. The summed E-state index contributed by atoms with van der Waals surface area (Å²) in [6, 6.07) is 16.8. The molecule has 7 rings (SSSR count). The van der Waals surface area contributed by atoms with Crippen LogP contribution in [0.2, 0.25) is 0 Å². The van der Waals surface area contributed by atoms with Crippen molar-refractivity contribution in [3.63, 3.8) is 0 Å². The van der Waals surface area contributed by atoms with E-state index < -0.39 is 6.04 Å². The molecular formula is C29H31IN2O3. The smallest absolute Gasteiger partial charge is 0.257 e. The standard InChI is InChI=1S/C29H31IN2O3/c30-23-6-8-24(9-7-23)32-26(33)15-25(27(32)34)31(11-10-19-4-2-1-3-5-19)28(35)29-16-20-12-21(17-29)14-22(13-20)18-29/h1-9,20-22,25H,10-18H2. The highest BCUT2D eigenvalue weighted by Gasteiger charge is 2.57. The van der Waals surface area contributed by atoms with E-state index in [0.717, 1.165) is 28.4 Å². The molecule has 5 nitrogen and oxygen atoms in total. The van der Waals surface area contributed by atoms with Crippen LogP contribution in [0.3, 0.4) is 0 Å². The van der Waals surface area contributed by atoms with Crippen molar-refractivity contribution in [2.75, 3.05) is 11.4 Å². The number of amides is 3. The summed E-state index contributed by atoms with van der Waals surface area (Å²) in [7, 11) is 0. The van der Waals surface area contributed by atoms with Crippen LogP contribution in [-0.4, -0.2) is 35.2 Å². The highest BCUT2D eigenvalue weighted by molar-refractivity contribution is 14.1. The van der Waals surface area contributed by atoms with Crippen molar-refractivity contribution >= 4 is 46.0 Å². The monoisotopic (exact) mass is 582 g/mol. The fraction of sp³-hybridized carbons (Fsp3) is 0.483. The van der Waals surface area contributed by atoms with Gasteiger partial charge in [-0.15, -0.1) is 0 Å². The average Bonchev–Trinajstić information content (AvgIpc) is 3.13. The Kier molecular flexibility index (Phi) is 5.98. The second-order valence-electron chi connectivity index (χ2n) is 11.2. The van der Waals surface area contributed by atoms with Gasteiger partial charge in [-0.2, -0.15) is 0 Å². The van der Waals surface area contributed by atoms with E-state index >= 15 is 0 Å². The molecular weight excluding hydrogens is 551 g/mol. The van der Waals surface area contributed by atoms with Gasteiger partial charge in [0.25, 0.3) is 5.91 Å². The molecule has 35 heavy (non-hydrogen) atoms. The number of carbonyl (C=O) groups excluding carboxylic acids is 3. The molecule has 0 radical (unpaired) electrons. The average molecular weight is 582 g/mol. The topological polar surface area (TPSA) is 57.7 Å². The maximum absolute atomic E-state index is 14.4. The van der Waals surface area contributed by atoms with Gasteiger partial charge in [0.05, 0.1) is 17.5 Å². The summed E-state index contributed by atoms with van der Waals surface area (Å²) in [5, 5.41) is 0. The van der Waals surface area contributed by atoms with E-state index in [4.69, 9.17) is 0 Å². The van der Waals surface area contributed by atoms with Crippen molar-refractivity contribution in [2.45, 2.75) is 57.4 Å². The Labute approximate surface area is 220 Å². The molecule has 1 saturated heterocycles. The Morgan fingerprint density at radius 3 is 2.11 bits per heavy atom. The van der Waals surface area contributed by atoms with Crippen LogP contribution in [0.5, 0.6) is 0 Å². The largest absolute Gasteiger partial charge is 0.329 e. The van der Waals surface area contributed by atoms with Gasteiger partial charge in [-0.25, -0.2) is 4.90 Å². The lowest BCUT2D eigenvalue weighted by Crippen LogP contribution is -2.58. The van der Waals surface area contributed by atoms with E-state index in [9.17, 15) is 14.4 Å². The molecule has 1 heterocycles. The van der Waals surface area contributed by atoms with Gasteiger partial charge in [0.15, 0.2) is 0 Å². The molecule has 0 aromatic heterocycles. The number of halogens is 1. The third-order valence-corrected chi connectivity index (χ3v) is 9.54. The first kappa shape index (κ1) is 23.2. The highest BCUT2D eigenvalue weighted by atomic mass is 127. The molecule has 0 N–H and O–H groups in total. The summed E-state index contributed by atoms with van der Waals surface area (Å²) in [5.74, 6) is 1.58. The SMILES string of the molecule is O=C1CC(N(CCc2ccccc2)C(=O)C23CC4CC(CC(C4)C2)C3)C(=O)N1c1ccc(I)cc1. The minimum absolute atomic E-state index is 0.0672. The van der Waals surface area contributed by atoms with Crippen LogP contribution >= 0.6 is 22.6 Å². The number of hydrogen-bond donors (Lipinski definition) is 0. The summed E-state index contributed by atoms with van der Waals surface area (Å²) >= 11 is 2.21. The van der Waals surface area contributed by atoms with E-state index in [-0.39, 0.29) is 29.6 Å². The van der Waals surface area contributed by atoms with Crippen molar-refractivity contribution in [2.24, 2.45) is 23.2 Å². The quantitative estimate of drug-likeness (QED) is 0.347. The van der Waals surface area contributed by atoms with E-state index in [0.29, 0.717) is 36.4 Å². The van der Waals surface area contributed by atoms with Crippen LogP contribution in [0.4, 0.5) is 5.69 Å². The number of rotatable bonds is 6. The van der Waals surface area contributed by atoms with Gasteiger partial charge in [0, 0.05) is 10.1 Å². The lowest BCUT2D eigenvalue weighted by atomic mass is 9.49. The third-order valence-electron chi connectivity index (χ3n) is 8.82. The van der Waals surface area contributed by atoms with Crippen LogP contribution < -0.4 is 4.90 Å². The van der Waals surface area contributed by atoms with Gasteiger partial charge < -0.3 is 4.90 Å². The summed E-state index contributed by atoms with van der Waals surface area (Å²) < 4.78 is 1.04. The van der Waals surface area contributed by atoms with Gasteiger partial charge in [0.1, 0.15) is 6.04 Å². The Hall–Kier alpha value is -2.22. The summed E-state index contributed by atoms with van der Waals surface area (Å²) in [5.41, 5.74) is 1.39. The fourth-order valence-corrected chi connectivity index (χ4v) is 8.05. The van der Waals surface area contributed by atoms with Crippen molar-refractivity contribution in [3.8, 4) is 0 Å². The van der Waals surface area contributed by atoms with E-state index in [1.165, 1.54) is 24.2 Å². The number of hydrogen-bond acceptors (Lipinski definition) is 3. The molecule has 2 aromatic carbocycles. The molecule has 4 aliphatic carbocycles. The normalized spacial score (nSPS) is 31.3. The summed E-state index contributed by atoms with van der Waals surface area (Å²) in [6.45, 7) is 0.467. The number of benzene rings is 2. The van der Waals surface area contributed by atoms with Crippen molar-refractivity contribution in [3.05, 3.63) is 63.7 Å². The van der Waals surface area contributed by atoms with Gasteiger partial charge in [0.2, 0.25) is 11.8 Å². The molecule has 182 valence electrons. The first-order valence-electron chi connectivity index (χ1n) is 12.9. The number of imide groups is 1. The van der Waals surface area contributed by atoms with Gasteiger partial charge >= 0.3 is 0 Å². The fourth-order valence-electron chi connectivity index (χ4n) is 7.69. The molecule has 6 heteroatoms. The summed E-state index contributed by atoms with van der Waals surface area (Å²) in [4.78, 5) is 44.3. The van der Waals surface area contributed by atoms with Crippen LogP contribution in [0.1, 0.15) is 50.5 Å². The predicted octanol–water partition coefficient (Wildman–Crippen LogP) is 5.21. The van der Waals surface area contributed by atoms with E-state index in [1.807, 2.05) is 47.4 Å². The second-order valence-corrected chi connectivity index (χ2v) is 12.4. The zero-order chi connectivity index (χ0) is 24.2. The Bertz CT molecular complexity index is 1110. The molecule has 4 bridgehead atoms. The van der Waals surface area contributed by atoms with Crippen molar-refractivity contribution in [1.29, 1.82) is 0 Å². The second kappa shape index (κ2) is 9.02. The van der Waals surface area contributed by atoms with E-state index in [1.54, 1.807) is 0 Å².